The molecule has 0 saturated carbocycles. The van der Waals surface area contributed by atoms with Crippen LogP contribution in [0.2, 0.25) is 0 Å². The molecule has 0 aromatic heterocycles. The molecule has 2 unspecified atom stereocenters. The summed E-state index contributed by atoms with van der Waals surface area (Å²) < 4.78 is 9.98. The van der Waals surface area contributed by atoms with Gasteiger partial charge in [0.05, 0.1) is 14.2 Å². The van der Waals surface area contributed by atoms with Crippen molar-refractivity contribution in [1.82, 2.24) is 0 Å². The lowest BCUT2D eigenvalue weighted by Gasteiger charge is -2.23. The van der Waals surface area contributed by atoms with Gasteiger partial charge >= 0.3 is 5.97 Å². The molecule has 0 amide bonds. The van der Waals surface area contributed by atoms with Gasteiger partial charge in [-0.25, -0.2) is 4.79 Å². The van der Waals surface area contributed by atoms with Crippen molar-refractivity contribution in [3.8, 4) is 5.75 Å². The van der Waals surface area contributed by atoms with Crippen LogP contribution in [0.3, 0.4) is 0 Å². The Kier molecular flexibility index (Phi) is 6.19. The molecule has 19 heavy (non-hydrogen) atoms. The molecule has 0 heterocycles. The van der Waals surface area contributed by atoms with E-state index in [2.05, 4.69) is 19.2 Å². The van der Waals surface area contributed by atoms with Crippen molar-refractivity contribution in [3.05, 3.63) is 24.3 Å². The van der Waals surface area contributed by atoms with Crippen molar-refractivity contribution in [2.45, 2.75) is 32.7 Å². The topological polar surface area (TPSA) is 47.6 Å². The van der Waals surface area contributed by atoms with Crippen LogP contribution in [-0.2, 0) is 9.53 Å². The molecule has 1 rings (SSSR count). The first kappa shape index (κ1) is 15.3. The highest BCUT2D eigenvalue weighted by Gasteiger charge is 2.25. The minimum Gasteiger partial charge on any atom is -0.497 e. The van der Waals surface area contributed by atoms with E-state index in [0.717, 1.165) is 24.3 Å². The summed E-state index contributed by atoms with van der Waals surface area (Å²) in [6.07, 6.45) is 2.02. The highest BCUT2D eigenvalue weighted by atomic mass is 16.5. The second kappa shape index (κ2) is 7.67. The van der Waals surface area contributed by atoms with Crippen molar-refractivity contribution >= 4 is 11.7 Å². The monoisotopic (exact) mass is 265 g/mol. The molecular weight excluding hydrogens is 242 g/mol. The molecule has 106 valence electrons. The highest BCUT2D eigenvalue weighted by molar-refractivity contribution is 5.79. The Hall–Kier alpha value is -1.71. The fourth-order valence-corrected chi connectivity index (χ4v) is 2.05. The largest absolute Gasteiger partial charge is 0.497 e. The number of nitrogens with one attached hydrogen (secondary N) is 1. The van der Waals surface area contributed by atoms with E-state index in [-0.39, 0.29) is 17.9 Å². The number of rotatable bonds is 7. The highest BCUT2D eigenvalue weighted by Crippen LogP contribution is 2.20. The Morgan fingerprint density at radius 2 is 1.89 bits per heavy atom. The summed E-state index contributed by atoms with van der Waals surface area (Å²) >= 11 is 0. The molecule has 0 aliphatic rings. The zero-order chi connectivity index (χ0) is 14.3. The van der Waals surface area contributed by atoms with Gasteiger partial charge in [-0.1, -0.05) is 20.3 Å². The zero-order valence-corrected chi connectivity index (χ0v) is 12.1. The normalized spacial score (nSPS) is 13.5. The van der Waals surface area contributed by atoms with Crippen molar-refractivity contribution in [1.29, 1.82) is 0 Å². The lowest BCUT2D eigenvalue weighted by molar-refractivity contribution is -0.142. The summed E-state index contributed by atoms with van der Waals surface area (Å²) in [6.45, 7) is 4.17. The summed E-state index contributed by atoms with van der Waals surface area (Å²) in [6, 6.07) is 7.20. The molecule has 0 radical (unpaired) electrons. The third kappa shape index (κ3) is 4.47. The average molecular weight is 265 g/mol. The van der Waals surface area contributed by atoms with Gasteiger partial charge in [0.15, 0.2) is 0 Å². The zero-order valence-electron chi connectivity index (χ0n) is 12.1. The Balaban J connectivity index is 2.78. The molecule has 0 fully saturated rings. The van der Waals surface area contributed by atoms with E-state index in [9.17, 15) is 4.79 Å². The van der Waals surface area contributed by atoms with Crippen LogP contribution in [0.4, 0.5) is 5.69 Å². The number of ether oxygens (including phenoxy) is 2. The quantitative estimate of drug-likeness (QED) is 0.770. The lowest BCUT2D eigenvalue weighted by atomic mass is 9.96. The first-order chi connectivity index (χ1) is 9.12. The molecule has 0 bridgehead atoms. The SMILES string of the molecule is CCCC(C)C(Nc1ccc(OC)cc1)C(=O)OC. The van der Waals surface area contributed by atoms with Crippen LogP contribution in [0, 0.1) is 5.92 Å². The summed E-state index contributed by atoms with van der Waals surface area (Å²) in [5.41, 5.74) is 0.888. The predicted octanol–water partition coefficient (Wildman–Crippen LogP) is 3.08. The third-order valence-electron chi connectivity index (χ3n) is 3.18. The third-order valence-corrected chi connectivity index (χ3v) is 3.18. The van der Waals surface area contributed by atoms with Crippen LogP contribution in [-0.4, -0.2) is 26.2 Å². The second-order valence-electron chi connectivity index (χ2n) is 4.64. The number of esters is 1. The number of hydrogen-bond donors (Lipinski definition) is 1. The first-order valence-corrected chi connectivity index (χ1v) is 6.60. The number of hydrogen-bond acceptors (Lipinski definition) is 4. The number of anilines is 1. The molecule has 0 aliphatic heterocycles. The summed E-state index contributed by atoms with van der Waals surface area (Å²) in [5.74, 6) is 0.790. The number of benzene rings is 1. The van der Waals surface area contributed by atoms with Gasteiger partial charge in [-0.3, -0.25) is 0 Å². The fourth-order valence-electron chi connectivity index (χ4n) is 2.05. The molecule has 1 aromatic carbocycles. The van der Waals surface area contributed by atoms with Crippen LogP contribution in [0.1, 0.15) is 26.7 Å². The Labute approximate surface area is 115 Å². The average Bonchev–Trinajstić information content (AvgIpc) is 2.44. The standard InChI is InChI=1S/C15H23NO3/c1-5-6-11(2)14(15(17)19-4)16-12-7-9-13(18-3)10-8-12/h7-11,14,16H,5-6H2,1-4H3. The Bertz CT molecular complexity index is 389. The van der Waals surface area contributed by atoms with Crippen molar-refractivity contribution in [2.24, 2.45) is 5.92 Å². The van der Waals surface area contributed by atoms with Gasteiger partial charge in [0, 0.05) is 5.69 Å². The molecule has 2 atom stereocenters. The summed E-state index contributed by atoms with van der Waals surface area (Å²) in [4.78, 5) is 11.8. The molecule has 0 aliphatic carbocycles. The van der Waals surface area contributed by atoms with E-state index in [1.807, 2.05) is 24.3 Å². The van der Waals surface area contributed by atoms with Crippen molar-refractivity contribution in [2.75, 3.05) is 19.5 Å². The van der Waals surface area contributed by atoms with Gasteiger partial charge < -0.3 is 14.8 Å². The van der Waals surface area contributed by atoms with Gasteiger partial charge in [0.25, 0.3) is 0 Å². The molecule has 4 nitrogen and oxygen atoms in total. The maximum absolute atomic E-state index is 11.8. The molecule has 1 N–H and O–H groups in total. The van der Waals surface area contributed by atoms with Crippen LogP contribution < -0.4 is 10.1 Å². The fraction of sp³-hybridized carbons (Fsp3) is 0.533. The molecule has 4 heteroatoms. The molecular formula is C15H23NO3. The minimum absolute atomic E-state index is 0.222. The van der Waals surface area contributed by atoms with Gasteiger partial charge in [0.2, 0.25) is 0 Å². The predicted molar refractivity (Wildman–Crippen MR) is 76.5 cm³/mol. The van der Waals surface area contributed by atoms with E-state index in [1.54, 1.807) is 7.11 Å². The van der Waals surface area contributed by atoms with Gasteiger partial charge in [-0.15, -0.1) is 0 Å². The van der Waals surface area contributed by atoms with Crippen LogP contribution in [0.5, 0.6) is 5.75 Å². The number of methoxy groups -OCH3 is 2. The van der Waals surface area contributed by atoms with Gasteiger partial charge in [0.1, 0.15) is 11.8 Å². The maximum Gasteiger partial charge on any atom is 0.328 e. The van der Waals surface area contributed by atoms with Crippen LogP contribution in [0.25, 0.3) is 0 Å². The Morgan fingerprint density at radius 1 is 1.26 bits per heavy atom. The van der Waals surface area contributed by atoms with E-state index in [0.29, 0.717) is 0 Å². The van der Waals surface area contributed by atoms with Gasteiger partial charge in [-0.2, -0.15) is 0 Å². The summed E-state index contributed by atoms with van der Waals surface area (Å²) in [5, 5.41) is 3.24. The number of carbonyl (C=O) groups is 1. The Morgan fingerprint density at radius 3 is 2.37 bits per heavy atom. The minimum atomic E-state index is -0.321. The first-order valence-electron chi connectivity index (χ1n) is 6.60. The van der Waals surface area contributed by atoms with Gasteiger partial charge in [-0.05, 0) is 36.6 Å². The molecule has 0 saturated heterocycles. The second-order valence-corrected chi connectivity index (χ2v) is 4.64. The van der Waals surface area contributed by atoms with Crippen LogP contribution >= 0.6 is 0 Å². The van der Waals surface area contributed by atoms with E-state index < -0.39 is 0 Å². The van der Waals surface area contributed by atoms with Crippen molar-refractivity contribution in [3.63, 3.8) is 0 Å². The van der Waals surface area contributed by atoms with Crippen molar-refractivity contribution < 1.29 is 14.3 Å². The maximum atomic E-state index is 11.8. The molecule has 0 spiro atoms. The molecule has 1 aromatic rings. The smallest absolute Gasteiger partial charge is 0.328 e. The van der Waals surface area contributed by atoms with E-state index in [4.69, 9.17) is 9.47 Å². The number of carbonyl (C=O) groups excluding carboxylic acids is 1. The van der Waals surface area contributed by atoms with Crippen LogP contribution in [0.15, 0.2) is 24.3 Å². The van der Waals surface area contributed by atoms with E-state index >= 15 is 0 Å². The summed E-state index contributed by atoms with van der Waals surface area (Å²) in [7, 11) is 3.05. The lowest BCUT2D eigenvalue weighted by Crippen LogP contribution is -2.36. The van der Waals surface area contributed by atoms with E-state index in [1.165, 1.54) is 7.11 Å².